The molecule has 4 nitrogen and oxygen atoms in total. The number of nitrogens with zero attached hydrogens (tertiary/aromatic N) is 1. The molecule has 0 aromatic heterocycles. The van der Waals surface area contributed by atoms with Crippen LogP contribution in [0.25, 0.3) is 0 Å². The van der Waals surface area contributed by atoms with Crippen LogP contribution in [0.15, 0.2) is 27.1 Å². The van der Waals surface area contributed by atoms with E-state index in [-0.39, 0.29) is 0 Å². The molecule has 0 spiro atoms. The molecule has 6 heteroatoms. The molecule has 0 aliphatic heterocycles. The third-order valence-corrected chi connectivity index (χ3v) is 4.89. The Morgan fingerprint density at radius 3 is 2.31 bits per heavy atom. The molecule has 16 heavy (non-hydrogen) atoms. The molecular weight excluding hydrogens is 514 g/mol. The first-order valence-electron chi connectivity index (χ1n) is 4.34. The fourth-order valence-corrected chi connectivity index (χ4v) is 3.98. The van der Waals surface area contributed by atoms with E-state index in [4.69, 9.17) is 5.73 Å². The summed E-state index contributed by atoms with van der Waals surface area (Å²) in [4.78, 5) is 10.4. The van der Waals surface area contributed by atoms with E-state index in [0.717, 1.165) is 11.8 Å². The average Bonchev–Trinajstić information content (AvgIpc) is 2.30. The van der Waals surface area contributed by atoms with E-state index in [1.165, 1.54) is 0 Å². The predicted octanol–water partition coefficient (Wildman–Crippen LogP) is 1.44. The van der Waals surface area contributed by atoms with Gasteiger partial charge in [0.2, 0.25) is 0 Å². The third kappa shape index (κ3) is 6.53. The Labute approximate surface area is 117 Å². The van der Waals surface area contributed by atoms with Gasteiger partial charge in [-0.1, -0.05) is 0 Å². The molecule has 2 radical (unpaired) electrons. The Kier molecular flexibility index (Phi) is 10.1. The van der Waals surface area contributed by atoms with Crippen molar-refractivity contribution in [1.29, 1.82) is 0 Å². The van der Waals surface area contributed by atoms with E-state index < -0.39 is 20.2 Å². The molecule has 0 bridgehead atoms. The van der Waals surface area contributed by atoms with Crippen LogP contribution in [-0.2, 0) is 4.74 Å². The molecule has 0 saturated heterocycles. The number of carbonyl (C=O) groups excluding carboxylic acids is 1. The Bertz CT molecular complexity index is 341. The first-order chi connectivity index (χ1) is 7.69. The first kappa shape index (κ1) is 16.0. The molecular formula is C10H13IN2O2Pb. The molecule has 86 valence electrons. The number of hydrogen-bond donors (Lipinski definition) is 1. The number of aldehydes is 1. The van der Waals surface area contributed by atoms with Crippen LogP contribution in [0.3, 0.4) is 0 Å². The zero-order chi connectivity index (χ0) is 12.4. The molecule has 1 rings (SSSR count). The van der Waals surface area contributed by atoms with Crippen molar-refractivity contribution in [3.63, 3.8) is 0 Å². The van der Waals surface area contributed by atoms with Crippen LogP contribution in [0.4, 0.5) is 0 Å². The molecule has 0 heterocycles. The van der Waals surface area contributed by atoms with Crippen molar-refractivity contribution in [2.45, 2.75) is 0 Å². The van der Waals surface area contributed by atoms with E-state index >= 15 is 0 Å². The van der Waals surface area contributed by atoms with Gasteiger partial charge < -0.3 is 4.74 Å². The normalized spacial score (nSPS) is 10.3. The number of nitrogens with two attached hydrogens (primary N) is 1. The van der Waals surface area contributed by atoms with Crippen molar-refractivity contribution < 1.29 is 9.53 Å². The molecule has 0 atom stereocenters. The summed E-state index contributed by atoms with van der Waals surface area (Å²) in [6.07, 6.45) is 0.813. The summed E-state index contributed by atoms with van der Waals surface area (Å²) < 4.78 is 8.49. The molecule has 1 aromatic rings. The number of rotatable bonds is 3. The molecule has 0 unspecified atom stereocenters. The second-order valence-electron chi connectivity index (χ2n) is 2.73. The van der Waals surface area contributed by atoms with Crippen LogP contribution in [0.5, 0.6) is 0 Å². The minimum absolute atomic E-state index is 0.593. The van der Waals surface area contributed by atoms with Gasteiger partial charge in [-0.3, -0.25) is 0 Å². The zero-order valence-corrected chi connectivity index (χ0v) is 15.2. The van der Waals surface area contributed by atoms with Gasteiger partial charge in [-0.15, -0.1) is 0 Å². The van der Waals surface area contributed by atoms with Gasteiger partial charge in [0.25, 0.3) is 0 Å². The van der Waals surface area contributed by atoms with Gasteiger partial charge in [-0.25, -0.2) is 0 Å². The summed E-state index contributed by atoms with van der Waals surface area (Å²) in [6.45, 7) is 0. The fourth-order valence-electron chi connectivity index (χ4n) is 0.843. The Balaban J connectivity index is 0.000000673. The Morgan fingerprint density at radius 1 is 1.44 bits per heavy atom. The number of benzene rings is 1. The molecule has 0 amide bonds. The summed E-state index contributed by atoms with van der Waals surface area (Å²) in [5, 5.41) is 0. The van der Waals surface area contributed by atoms with Gasteiger partial charge in [-0.05, 0) is 0 Å². The predicted molar refractivity (Wildman–Crippen MR) is 75.3 cm³/mol. The van der Waals surface area contributed by atoms with Crippen LogP contribution in [0, 0.1) is 0 Å². The average molecular weight is 527 g/mol. The van der Waals surface area contributed by atoms with Gasteiger partial charge in [0.1, 0.15) is 0 Å². The van der Waals surface area contributed by atoms with E-state index in [2.05, 4.69) is 25.3 Å². The number of methoxy groups -OCH3 is 1. The standard InChI is InChI=1S/C8H7N2O.C2H6O.HI.Pb/c9-8(10)7-3-1-6(5-11)2-4-7;1-3-2;;/h1-5H,(H2-,9,10);1-2H3;1H;/q-1;;;+2/p-1. The topological polar surface area (TPSA) is 64.7 Å². The Morgan fingerprint density at radius 2 is 1.94 bits per heavy atom. The monoisotopic (exact) mass is 528 g/mol. The second kappa shape index (κ2) is 10.1. The summed E-state index contributed by atoms with van der Waals surface area (Å²) in [6, 6.07) is 7.12. The number of carbonyl (C=O) groups is 1. The van der Waals surface area contributed by atoms with Crippen molar-refractivity contribution >= 4 is 50.1 Å². The SMILES string of the molecule is COC.N/C(=[N]\[Pb][I])c1ccc(C=O)cc1. The number of ether oxygens (including phenoxy) is 1. The van der Waals surface area contributed by atoms with Crippen molar-refractivity contribution in [2.75, 3.05) is 14.2 Å². The van der Waals surface area contributed by atoms with Crippen molar-refractivity contribution in [1.82, 2.24) is 0 Å². The molecule has 0 aliphatic carbocycles. The second-order valence-corrected chi connectivity index (χ2v) is 8.49. The maximum absolute atomic E-state index is 10.4. The number of hydrogen-bond acceptors (Lipinski definition) is 3. The van der Waals surface area contributed by atoms with Gasteiger partial charge in [0.15, 0.2) is 0 Å². The van der Waals surface area contributed by atoms with E-state index in [1.807, 2.05) is 12.1 Å². The van der Waals surface area contributed by atoms with Crippen LogP contribution in [0.1, 0.15) is 15.9 Å². The number of amidine groups is 1. The molecule has 0 aliphatic rings. The first-order valence-corrected chi connectivity index (χ1v) is 17.0. The fraction of sp³-hybridized carbons (Fsp3) is 0.200. The summed E-state index contributed by atoms with van der Waals surface area (Å²) in [7, 11) is 3.25. The van der Waals surface area contributed by atoms with Crippen LogP contribution < -0.4 is 5.73 Å². The maximum atomic E-state index is 10.4. The van der Waals surface area contributed by atoms with Crippen LogP contribution >= 0.6 is 17.8 Å². The zero-order valence-electron chi connectivity index (χ0n) is 9.11. The van der Waals surface area contributed by atoms with Gasteiger partial charge in [0.05, 0.1) is 0 Å². The van der Waals surface area contributed by atoms with Gasteiger partial charge in [0, 0.05) is 14.2 Å². The van der Waals surface area contributed by atoms with E-state index in [0.29, 0.717) is 11.4 Å². The van der Waals surface area contributed by atoms with Crippen LogP contribution in [0.2, 0.25) is 0 Å². The minimum atomic E-state index is -0.855. The van der Waals surface area contributed by atoms with Gasteiger partial charge >= 0.3 is 98.8 Å². The van der Waals surface area contributed by atoms with Crippen molar-refractivity contribution in [2.24, 2.45) is 8.54 Å². The summed E-state index contributed by atoms with van der Waals surface area (Å²) in [5.41, 5.74) is 7.26. The van der Waals surface area contributed by atoms with Crippen molar-refractivity contribution in [3.8, 4) is 0 Å². The van der Waals surface area contributed by atoms with Crippen molar-refractivity contribution in [3.05, 3.63) is 35.4 Å². The van der Waals surface area contributed by atoms with E-state index in [1.54, 1.807) is 26.4 Å². The molecule has 2 N–H and O–H groups in total. The van der Waals surface area contributed by atoms with Gasteiger partial charge in [-0.2, -0.15) is 0 Å². The third-order valence-electron chi connectivity index (χ3n) is 1.51. The van der Waals surface area contributed by atoms with Crippen LogP contribution in [-0.4, -0.2) is 46.6 Å². The number of halogens is 1. The summed E-state index contributed by atoms with van der Waals surface area (Å²) in [5.74, 6) is 0.593. The Hall–Kier alpha value is -0.0279. The molecule has 0 saturated carbocycles. The molecule has 1 aromatic carbocycles. The van der Waals surface area contributed by atoms with E-state index in [9.17, 15) is 4.79 Å². The quantitative estimate of drug-likeness (QED) is 0.213. The summed E-state index contributed by atoms with van der Waals surface area (Å²) >= 11 is 1.46. The molecule has 0 fully saturated rings.